The molecule has 1 aromatic carbocycles. The zero-order valence-electron chi connectivity index (χ0n) is 16.6. The molecule has 29 heavy (non-hydrogen) atoms. The van der Waals surface area contributed by atoms with Gasteiger partial charge in [0.1, 0.15) is 11.8 Å². The van der Waals surface area contributed by atoms with Gasteiger partial charge in [0.25, 0.3) is 0 Å². The van der Waals surface area contributed by atoms with Crippen molar-refractivity contribution in [1.82, 2.24) is 14.9 Å². The second-order valence-electron chi connectivity index (χ2n) is 8.44. The molecule has 2 saturated heterocycles. The van der Waals surface area contributed by atoms with Crippen LogP contribution in [0, 0.1) is 17.1 Å². The monoisotopic (exact) mass is 396 g/mol. The van der Waals surface area contributed by atoms with Crippen molar-refractivity contribution in [3.63, 3.8) is 0 Å². The molecule has 3 N–H and O–H groups in total. The number of anilines is 3. The fraction of sp³-hybridized carbons (Fsp3) is 0.476. The first-order valence-electron chi connectivity index (χ1n) is 9.92. The highest BCUT2D eigenvalue weighted by Gasteiger charge is 2.43. The lowest BCUT2D eigenvalue weighted by Gasteiger charge is -2.47. The maximum atomic E-state index is 14.4. The largest absolute Gasteiger partial charge is 0.507 e. The number of aromatic nitrogens is 2. The average Bonchev–Trinajstić information content (AvgIpc) is 3.15. The Hall–Kier alpha value is -2.92. The van der Waals surface area contributed by atoms with Gasteiger partial charge in [-0.1, -0.05) is 0 Å². The molecule has 0 amide bonds. The lowest BCUT2D eigenvalue weighted by Crippen LogP contribution is -2.55. The van der Waals surface area contributed by atoms with Gasteiger partial charge in [-0.2, -0.15) is 10.2 Å². The predicted molar refractivity (Wildman–Crippen MR) is 109 cm³/mol. The molecule has 2 aliphatic rings. The lowest BCUT2D eigenvalue weighted by molar-refractivity contribution is 0.0500. The molecule has 7 nitrogen and oxygen atoms in total. The van der Waals surface area contributed by atoms with Crippen LogP contribution in [0.3, 0.4) is 0 Å². The van der Waals surface area contributed by atoms with E-state index in [1.54, 1.807) is 6.07 Å². The SMILES string of the molecule is CC1(C)CC(Nc2nc(Nc3ccc(O)c(C#N)c3)ncc2F)CC2CCCN21. The molecule has 4 rings (SSSR count). The van der Waals surface area contributed by atoms with Crippen molar-refractivity contribution in [3.8, 4) is 11.8 Å². The van der Waals surface area contributed by atoms with E-state index in [-0.39, 0.29) is 34.7 Å². The molecule has 0 radical (unpaired) electrons. The number of phenolic OH excluding ortho intramolecular Hbond substituents is 1. The van der Waals surface area contributed by atoms with Gasteiger partial charge >= 0.3 is 0 Å². The fourth-order valence-corrected chi connectivity index (χ4v) is 4.67. The van der Waals surface area contributed by atoms with Crippen molar-refractivity contribution in [1.29, 1.82) is 5.26 Å². The van der Waals surface area contributed by atoms with Crippen LogP contribution in [-0.4, -0.2) is 44.1 Å². The number of fused-ring (bicyclic) bond motifs is 1. The van der Waals surface area contributed by atoms with Crippen LogP contribution in [0.1, 0.15) is 45.1 Å². The summed E-state index contributed by atoms with van der Waals surface area (Å²) in [7, 11) is 0. The standard InChI is InChI=1S/C21H25FN6O/c1-21(2)10-15(9-16-4-3-7-28(16)21)25-19-17(22)12-24-20(27-19)26-14-5-6-18(29)13(8-14)11-23/h5-6,8,12,15-16,29H,3-4,7,9-10H2,1-2H3,(H2,24,25,26,27). The third-order valence-electron chi connectivity index (χ3n) is 5.92. The minimum absolute atomic E-state index is 0.0708. The van der Waals surface area contributed by atoms with Gasteiger partial charge in [0.2, 0.25) is 5.95 Å². The second-order valence-corrected chi connectivity index (χ2v) is 8.44. The van der Waals surface area contributed by atoms with Crippen molar-refractivity contribution in [2.45, 2.75) is 57.2 Å². The summed E-state index contributed by atoms with van der Waals surface area (Å²) in [5.74, 6) is -0.193. The van der Waals surface area contributed by atoms with Crippen molar-refractivity contribution in [2.24, 2.45) is 0 Å². The van der Waals surface area contributed by atoms with E-state index in [1.165, 1.54) is 25.0 Å². The van der Waals surface area contributed by atoms with Crippen LogP contribution in [0.5, 0.6) is 5.75 Å². The van der Waals surface area contributed by atoms with Gasteiger partial charge in [-0.15, -0.1) is 0 Å². The molecule has 8 heteroatoms. The van der Waals surface area contributed by atoms with E-state index in [0.29, 0.717) is 11.7 Å². The summed E-state index contributed by atoms with van der Waals surface area (Å²) in [4.78, 5) is 10.9. The Labute approximate surface area is 169 Å². The summed E-state index contributed by atoms with van der Waals surface area (Å²) in [5.41, 5.74) is 0.750. The first kappa shape index (κ1) is 19.4. The number of aromatic hydroxyl groups is 1. The summed E-state index contributed by atoms with van der Waals surface area (Å²) in [6, 6.07) is 7.10. The molecule has 0 bridgehead atoms. The number of halogens is 1. The summed E-state index contributed by atoms with van der Waals surface area (Å²) in [5, 5.41) is 24.9. The highest BCUT2D eigenvalue weighted by Crippen LogP contribution is 2.38. The van der Waals surface area contributed by atoms with Gasteiger partial charge in [0.05, 0.1) is 11.8 Å². The van der Waals surface area contributed by atoms with Gasteiger partial charge in [-0.05, 0) is 64.3 Å². The van der Waals surface area contributed by atoms with E-state index >= 15 is 0 Å². The molecule has 1 aromatic heterocycles. The number of phenols is 1. The number of benzene rings is 1. The smallest absolute Gasteiger partial charge is 0.229 e. The third kappa shape index (κ3) is 3.96. The van der Waals surface area contributed by atoms with Gasteiger partial charge in [0.15, 0.2) is 11.6 Å². The third-order valence-corrected chi connectivity index (χ3v) is 5.92. The molecule has 2 atom stereocenters. The second kappa shape index (κ2) is 7.48. The van der Waals surface area contributed by atoms with Crippen LogP contribution in [0.4, 0.5) is 21.8 Å². The topological polar surface area (TPSA) is 97.1 Å². The molecule has 0 aliphatic carbocycles. The first-order chi connectivity index (χ1) is 13.9. The number of piperidine rings is 1. The van der Waals surface area contributed by atoms with Crippen molar-refractivity contribution >= 4 is 17.5 Å². The molecule has 2 aliphatic heterocycles. The van der Waals surface area contributed by atoms with E-state index in [1.807, 2.05) is 6.07 Å². The van der Waals surface area contributed by atoms with E-state index < -0.39 is 5.82 Å². The average molecular weight is 396 g/mol. The number of nitriles is 1. The van der Waals surface area contributed by atoms with E-state index in [0.717, 1.165) is 25.6 Å². The number of hydrogen-bond acceptors (Lipinski definition) is 7. The number of hydrogen-bond donors (Lipinski definition) is 3. The van der Waals surface area contributed by atoms with Crippen LogP contribution in [0.2, 0.25) is 0 Å². The number of nitrogens with one attached hydrogen (secondary N) is 2. The molecule has 3 heterocycles. The Morgan fingerprint density at radius 3 is 3.00 bits per heavy atom. The van der Waals surface area contributed by atoms with E-state index in [9.17, 15) is 9.50 Å². The molecular formula is C21H25FN6O. The van der Waals surface area contributed by atoms with Gasteiger partial charge < -0.3 is 15.7 Å². The molecule has 2 aromatic rings. The number of rotatable bonds is 4. The van der Waals surface area contributed by atoms with Crippen LogP contribution in [-0.2, 0) is 0 Å². The predicted octanol–water partition coefficient (Wildman–Crippen LogP) is 3.75. The Bertz CT molecular complexity index is 957. The van der Waals surface area contributed by atoms with Crippen LogP contribution < -0.4 is 10.6 Å². The fourth-order valence-electron chi connectivity index (χ4n) is 4.67. The molecule has 152 valence electrons. The maximum Gasteiger partial charge on any atom is 0.229 e. The minimum Gasteiger partial charge on any atom is -0.507 e. The van der Waals surface area contributed by atoms with Crippen LogP contribution in [0.15, 0.2) is 24.4 Å². The van der Waals surface area contributed by atoms with Gasteiger partial charge in [-0.3, -0.25) is 4.90 Å². The Kier molecular flexibility index (Phi) is 5.01. The normalized spacial score (nSPS) is 23.2. The summed E-state index contributed by atoms with van der Waals surface area (Å²) in [6.07, 6.45) is 5.42. The zero-order chi connectivity index (χ0) is 20.6. The molecule has 0 saturated carbocycles. The van der Waals surface area contributed by atoms with Crippen LogP contribution in [0.25, 0.3) is 0 Å². The minimum atomic E-state index is -0.495. The molecular weight excluding hydrogens is 371 g/mol. The molecule has 2 unspecified atom stereocenters. The molecule has 0 spiro atoms. The zero-order valence-corrected chi connectivity index (χ0v) is 16.6. The van der Waals surface area contributed by atoms with Crippen molar-refractivity contribution < 1.29 is 9.50 Å². The highest BCUT2D eigenvalue weighted by atomic mass is 19.1. The van der Waals surface area contributed by atoms with Gasteiger partial charge in [-0.25, -0.2) is 9.37 Å². The number of nitrogens with zero attached hydrogens (tertiary/aromatic N) is 4. The summed E-state index contributed by atoms with van der Waals surface area (Å²) in [6.45, 7) is 5.64. The quantitative estimate of drug-likeness (QED) is 0.677. The van der Waals surface area contributed by atoms with E-state index in [4.69, 9.17) is 5.26 Å². The Morgan fingerprint density at radius 2 is 2.21 bits per heavy atom. The van der Waals surface area contributed by atoms with E-state index in [2.05, 4.69) is 39.3 Å². The molecule has 2 fully saturated rings. The lowest BCUT2D eigenvalue weighted by atomic mass is 9.84. The first-order valence-corrected chi connectivity index (χ1v) is 9.92. The highest BCUT2D eigenvalue weighted by molar-refractivity contribution is 5.60. The van der Waals surface area contributed by atoms with Gasteiger partial charge in [0, 0.05) is 23.3 Å². The summed E-state index contributed by atoms with van der Waals surface area (Å²) < 4.78 is 14.4. The Morgan fingerprint density at radius 1 is 1.38 bits per heavy atom. The summed E-state index contributed by atoms with van der Waals surface area (Å²) >= 11 is 0. The Balaban J connectivity index is 1.51. The maximum absolute atomic E-state index is 14.4. The van der Waals surface area contributed by atoms with Crippen LogP contribution >= 0.6 is 0 Å². The van der Waals surface area contributed by atoms with Crippen molar-refractivity contribution in [3.05, 3.63) is 35.8 Å². The van der Waals surface area contributed by atoms with Crippen molar-refractivity contribution in [2.75, 3.05) is 17.2 Å².